The van der Waals surface area contributed by atoms with Gasteiger partial charge in [-0.2, -0.15) is 0 Å². The number of methoxy groups -OCH3 is 2. The van der Waals surface area contributed by atoms with Crippen molar-refractivity contribution in [2.24, 2.45) is 0 Å². The van der Waals surface area contributed by atoms with Gasteiger partial charge in [-0.15, -0.1) is 0 Å². The molecular weight excluding hydrogens is 498 g/mol. The summed E-state index contributed by atoms with van der Waals surface area (Å²) in [5.41, 5.74) is 1.95. The van der Waals surface area contributed by atoms with Crippen LogP contribution >= 0.6 is 0 Å². The average molecular weight is 526 g/mol. The van der Waals surface area contributed by atoms with Crippen LogP contribution in [0.15, 0.2) is 101 Å². The van der Waals surface area contributed by atoms with Crippen molar-refractivity contribution in [3.63, 3.8) is 0 Å². The van der Waals surface area contributed by atoms with Gasteiger partial charge in [-0.3, -0.25) is 9.59 Å². The number of ketones is 1. The first-order valence-corrected chi connectivity index (χ1v) is 12.3. The molecule has 39 heavy (non-hydrogen) atoms. The van der Waals surface area contributed by atoms with E-state index < -0.39 is 17.7 Å². The molecule has 0 spiro atoms. The Morgan fingerprint density at radius 3 is 2.31 bits per heavy atom. The fourth-order valence-electron chi connectivity index (χ4n) is 4.59. The molecule has 1 atom stereocenters. The molecule has 0 bridgehead atoms. The van der Waals surface area contributed by atoms with Gasteiger partial charge in [0.15, 0.2) is 11.5 Å². The van der Waals surface area contributed by atoms with Crippen LogP contribution in [0.25, 0.3) is 5.76 Å². The van der Waals surface area contributed by atoms with Crippen molar-refractivity contribution >= 4 is 17.4 Å². The van der Waals surface area contributed by atoms with Crippen molar-refractivity contribution in [3.05, 3.63) is 119 Å². The highest BCUT2D eigenvalue weighted by atomic mass is 16.5. The Morgan fingerprint density at radius 1 is 0.897 bits per heavy atom. The molecule has 3 aromatic carbocycles. The van der Waals surface area contributed by atoms with Crippen LogP contribution in [0.4, 0.5) is 0 Å². The molecular formula is C31H27NO7. The van der Waals surface area contributed by atoms with E-state index in [-0.39, 0.29) is 17.9 Å². The van der Waals surface area contributed by atoms with Crippen LogP contribution in [-0.4, -0.2) is 35.9 Å². The van der Waals surface area contributed by atoms with Gasteiger partial charge in [0.25, 0.3) is 11.7 Å². The fourth-order valence-corrected chi connectivity index (χ4v) is 4.59. The van der Waals surface area contributed by atoms with Crippen LogP contribution in [0.1, 0.15) is 28.5 Å². The number of aliphatic hydroxyl groups is 1. The van der Waals surface area contributed by atoms with E-state index in [1.54, 1.807) is 54.6 Å². The third kappa shape index (κ3) is 5.22. The van der Waals surface area contributed by atoms with Crippen LogP contribution in [0.3, 0.4) is 0 Å². The number of Topliss-reactive ketones (excluding diaryl/α,β-unsaturated/α-hetero) is 1. The van der Waals surface area contributed by atoms with Gasteiger partial charge in [-0.05, 0) is 53.6 Å². The topological polar surface area (TPSA) is 98.4 Å². The average Bonchev–Trinajstić information content (AvgIpc) is 3.58. The highest BCUT2D eigenvalue weighted by molar-refractivity contribution is 6.46. The molecule has 8 nitrogen and oxygen atoms in total. The van der Waals surface area contributed by atoms with Gasteiger partial charge in [0, 0.05) is 5.56 Å². The number of hydrogen-bond acceptors (Lipinski definition) is 7. The van der Waals surface area contributed by atoms with E-state index in [0.29, 0.717) is 40.7 Å². The summed E-state index contributed by atoms with van der Waals surface area (Å²) in [5.74, 6) is 0.149. The number of rotatable bonds is 9. The Kier molecular flexibility index (Phi) is 7.36. The van der Waals surface area contributed by atoms with Crippen molar-refractivity contribution < 1.29 is 33.3 Å². The fraction of sp³-hybridized carbons (Fsp3) is 0.161. The molecule has 8 heteroatoms. The number of ether oxygens (including phenoxy) is 3. The van der Waals surface area contributed by atoms with Gasteiger partial charge in [0.2, 0.25) is 0 Å². The first kappa shape index (κ1) is 25.7. The van der Waals surface area contributed by atoms with Gasteiger partial charge in [-0.1, -0.05) is 42.5 Å². The number of nitrogens with zero attached hydrogens (tertiary/aromatic N) is 1. The van der Waals surface area contributed by atoms with E-state index in [0.717, 1.165) is 5.56 Å². The minimum atomic E-state index is -0.855. The Balaban J connectivity index is 1.53. The highest BCUT2D eigenvalue weighted by Gasteiger charge is 2.46. The highest BCUT2D eigenvalue weighted by Crippen LogP contribution is 2.41. The van der Waals surface area contributed by atoms with Crippen molar-refractivity contribution in [2.75, 3.05) is 14.2 Å². The molecule has 1 fully saturated rings. The van der Waals surface area contributed by atoms with E-state index in [1.165, 1.54) is 25.4 Å². The van der Waals surface area contributed by atoms with E-state index >= 15 is 0 Å². The van der Waals surface area contributed by atoms with Gasteiger partial charge < -0.3 is 28.6 Å². The second-order valence-corrected chi connectivity index (χ2v) is 8.92. The summed E-state index contributed by atoms with van der Waals surface area (Å²) in [6, 6.07) is 24.3. The lowest BCUT2D eigenvalue weighted by Gasteiger charge is -2.24. The monoisotopic (exact) mass is 525 g/mol. The summed E-state index contributed by atoms with van der Waals surface area (Å²) in [7, 11) is 2.98. The van der Waals surface area contributed by atoms with E-state index in [4.69, 9.17) is 18.6 Å². The quantitative estimate of drug-likeness (QED) is 0.175. The maximum absolute atomic E-state index is 13.3. The first-order valence-electron chi connectivity index (χ1n) is 12.3. The molecule has 4 aromatic rings. The normalized spacial score (nSPS) is 16.4. The van der Waals surface area contributed by atoms with Gasteiger partial charge in [0.1, 0.15) is 23.9 Å². The molecule has 2 heterocycles. The van der Waals surface area contributed by atoms with Crippen molar-refractivity contribution in [2.45, 2.75) is 19.2 Å². The lowest BCUT2D eigenvalue weighted by molar-refractivity contribution is -0.140. The molecule has 1 aliphatic rings. The summed E-state index contributed by atoms with van der Waals surface area (Å²) in [5, 5.41) is 11.4. The molecule has 1 amide bonds. The summed E-state index contributed by atoms with van der Waals surface area (Å²) in [4.78, 5) is 28.0. The minimum absolute atomic E-state index is 0.0308. The molecule has 5 rings (SSSR count). The van der Waals surface area contributed by atoms with Gasteiger partial charge in [0.05, 0.1) is 38.6 Å². The van der Waals surface area contributed by atoms with Gasteiger partial charge in [-0.25, -0.2) is 0 Å². The lowest BCUT2D eigenvalue weighted by Crippen LogP contribution is -2.29. The molecule has 1 saturated heterocycles. The standard InChI is InChI=1S/C31H27NO7/c1-36-25-15-12-22(17-26(25)37-2)29(33)27-28(32(31(35)30(27)34)18-24-9-6-16-38-24)21-10-13-23(14-11-21)39-19-20-7-4-3-5-8-20/h3-17,28,33H,18-19H2,1-2H3/b29-27-. The molecule has 1 aromatic heterocycles. The number of amides is 1. The van der Waals surface area contributed by atoms with Crippen LogP contribution in [-0.2, 0) is 22.7 Å². The number of hydrogen-bond donors (Lipinski definition) is 1. The van der Waals surface area contributed by atoms with Gasteiger partial charge >= 0.3 is 0 Å². The lowest BCUT2D eigenvalue weighted by atomic mass is 9.95. The molecule has 0 radical (unpaired) electrons. The maximum Gasteiger partial charge on any atom is 0.296 e. The molecule has 198 valence electrons. The number of aliphatic hydroxyl groups excluding tert-OH is 1. The number of likely N-dealkylation sites (tertiary alicyclic amines) is 1. The second kappa shape index (κ2) is 11.2. The summed E-state index contributed by atoms with van der Waals surface area (Å²) in [6.45, 7) is 0.452. The summed E-state index contributed by atoms with van der Waals surface area (Å²) in [6.07, 6.45) is 1.50. The zero-order chi connectivity index (χ0) is 27.4. The molecule has 0 saturated carbocycles. The minimum Gasteiger partial charge on any atom is -0.507 e. The van der Waals surface area contributed by atoms with E-state index in [1.807, 2.05) is 30.3 Å². The molecule has 1 N–H and O–H groups in total. The Hall–Kier alpha value is -4.98. The molecule has 1 aliphatic heterocycles. The zero-order valence-corrected chi connectivity index (χ0v) is 21.5. The molecule has 1 unspecified atom stereocenters. The van der Waals surface area contributed by atoms with Crippen LogP contribution < -0.4 is 14.2 Å². The largest absolute Gasteiger partial charge is 0.507 e. The van der Waals surface area contributed by atoms with Crippen molar-refractivity contribution in [1.29, 1.82) is 0 Å². The predicted octanol–water partition coefficient (Wildman–Crippen LogP) is 5.50. The summed E-state index contributed by atoms with van der Waals surface area (Å²) >= 11 is 0. The maximum atomic E-state index is 13.3. The SMILES string of the molecule is COc1ccc(/C(O)=C2/C(=O)C(=O)N(Cc3ccco3)C2c2ccc(OCc3ccccc3)cc2)cc1OC. The third-order valence-corrected chi connectivity index (χ3v) is 6.55. The molecule has 0 aliphatic carbocycles. The third-order valence-electron chi connectivity index (χ3n) is 6.55. The van der Waals surface area contributed by atoms with Crippen LogP contribution in [0.5, 0.6) is 17.2 Å². The van der Waals surface area contributed by atoms with Crippen molar-refractivity contribution in [3.8, 4) is 17.2 Å². The predicted molar refractivity (Wildman–Crippen MR) is 143 cm³/mol. The number of carbonyl (C=O) groups is 2. The summed E-state index contributed by atoms with van der Waals surface area (Å²) < 4.78 is 22.0. The zero-order valence-electron chi connectivity index (χ0n) is 21.5. The number of furan rings is 1. The van der Waals surface area contributed by atoms with E-state index in [9.17, 15) is 14.7 Å². The van der Waals surface area contributed by atoms with Crippen molar-refractivity contribution in [1.82, 2.24) is 4.90 Å². The Morgan fingerprint density at radius 2 is 1.64 bits per heavy atom. The van der Waals surface area contributed by atoms with E-state index in [2.05, 4.69) is 0 Å². The van der Waals surface area contributed by atoms with Crippen LogP contribution in [0.2, 0.25) is 0 Å². The smallest absolute Gasteiger partial charge is 0.296 e. The first-order chi connectivity index (χ1) is 19.0. The Labute approximate surface area is 225 Å². The number of benzene rings is 3. The second-order valence-electron chi connectivity index (χ2n) is 8.92. The Bertz CT molecular complexity index is 1490. The van der Waals surface area contributed by atoms with Crippen LogP contribution in [0, 0.1) is 0 Å². The number of carbonyl (C=O) groups excluding carboxylic acids is 2.